The number of carbonyl (C=O) groups is 1. The lowest BCUT2D eigenvalue weighted by Crippen LogP contribution is -2.19. The van der Waals surface area contributed by atoms with Crippen LogP contribution in [0.25, 0.3) is 11.0 Å². The fourth-order valence-corrected chi connectivity index (χ4v) is 2.28. The van der Waals surface area contributed by atoms with Gasteiger partial charge in [-0.2, -0.15) is 8.42 Å². The van der Waals surface area contributed by atoms with Gasteiger partial charge in [0.1, 0.15) is 0 Å². The Morgan fingerprint density at radius 1 is 1.47 bits per heavy atom. The first-order valence-electron chi connectivity index (χ1n) is 4.33. The zero-order valence-electron chi connectivity index (χ0n) is 8.25. The molecule has 1 heterocycles. The molecule has 0 aliphatic heterocycles. The van der Waals surface area contributed by atoms with Crippen LogP contribution in [0.15, 0.2) is 23.1 Å². The first-order chi connectivity index (χ1) is 7.80. The molecule has 0 spiro atoms. The van der Waals surface area contributed by atoms with Gasteiger partial charge in [0.15, 0.2) is 4.77 Å². The molecule has 17 heavy (non-hydrogen) atoms. The van der Waals surface area contributed by atoms with Crippen molar-refractivity contribution in [2.75, 3.05) is 0 Å². The number of fused-ring (bicyclic) bond motifs is 1. The van der Waals surface area contributed by atoms with E-state index in [2.05, 4.69) is 4.98 Å². The number of imidazole rings is 1. The Labute approximate surface area is 101 Å². The van der Waals surface area contributed by atoms with Crippen molar-refractivity contribution in [2.45, 2.75) is 4.90 Å². The van der Waals surface area contributed by atoms with Crippen molar-refractivity contribution < 1.29 is 17.8 Å². The average Bonchev–Trinajstić information content (AvgIpc) is 2.50. The van der Waals surface area contributed by atoms with Crippen LogP contribution in [0.5, 0.6) is 0 Å². The van der Waals surface area contributed by atoms with Gasteiger partial charge in [-0.15, -0.1) is 0 Å². The van der Waals surface area contributed by atoms with Crippen LogP contribution in [-0.2, 0) is 10.1 Å². The van der Waals surface area contributed by atoms with Gasteiger partial charge in [-0.1, -0.05) is 0 Å². The molecule has 0 aliphatic rings. The zero-order chi connectivity index (χ0) is 12.8. The molecule has 0 fully saturated rings. The third-order valence-electron chi connectivity index (χ3n) is 2.17. The van der Waals surface area contributed by atoms with Crippen LogP contribution in [0, 0.1) is 4.77 Å². The molecule has 90 valence electrons. The van der Waals surface area contributed by atoms with Crippen molar-refractivity contribution in [3.63, 3.8) is 0 Å². The Morgan fingerprint density at radius 3 is 2.65 bits per heavy atom. The lowest BCUT2D eigenvalue weighted by Gasteiger charge is -1.99. The molecule has 9 heteroatoms. The Balaban J connectivity index is 2.84. The molecule has 4 N–H and O–H groups in total. The molecule has 1 aromatic carbocycles. The molecule has 0 bridgehead atoms. The van der Waals surface area contributed by atoms with E-state index in [9.17, 15) is 13.2 Å². The van der Waals surface area contributed by atoms with Crippen molar-refractivity contribution in [3.8, 4) is 0 Å². The molecular formula is C8H7N3O4S2. The Hall–Kier alpha value is -1.71. The number of primary amides is 1. The van der Waals surface area contributed by atoms with E-state index in [1.54, 1.807) is 0 Å². The van der Waals surface area contributed by atoms with E-state index in [-0.39, 0.29) is 9.67 Å². The predicted molar refractivity (Wildman–Crippen MR) is 61.9 cm³/mol. The number of nitrogens with two attached hydrogens (primary N) is 1. The molecule has 1 amide bonds. The number of amides is 1. The van der Waals surface area contributed by atoms with Gasteiger partial charge in [0, 0.05) is 0 Å². The molecular weight excluding hydrogens is 266 g/mol. The highest BCUT2D eigenvalue weighted by molar-refractivity contribution is 7.85. The number of nitrogens with one attached hydrogen (secondary N) is 1. The lowest BCUT2D eigenvalue weighted by atomic mass is 10.3. The molecule has 0 radical (unpaired) electrons. The minimum Gasteiger partial charge on any atom is -0.351 e. The number of H-pyrrole nitrogens is 1. The fourth-order valence-electron chi connectivity index (χ4n) is 1.47. The number of nitrogens with zero attached hydrogens (tertiary/aromatic N) is 1. The smallest absolute Gasteiger partial charge is 0.325 e. The fraction of sp³-hybridized carbons (Fsp3) is 0. The van der Waals surface area contributed by atoms with Crippen LogP contribution in [-0.4, -0.2) is 28.6 Å². The predicted octanol–water partition coefficient (Wildman–Crippen LogP) is 0.872. The van der Waals surface area contributed by atoms with Gasteiger partial charge in [0.25, 0.3) is 10.1 Å². The van der Waals surface area contributed by atoms with Crippen molar-refractivity contribution >= 4 is 39.4 Å². The van der Waals surface area contributed by atoms with E-state index in [0.29, 0.717) is 11.0 Å². The summed E-state index contributed by atoms with van der Waals surface area (Å²) < 4.78 is 31.8. The van der Waals surface area contributed by atoms with Gasteiger partial charge in [0.2, 0.25) is 0 Å². The number of hydrogen-bond donors (Lipinski definition) is 3. The maximum absolute atomic E-state index is 11.1. The SMILES string of the molecule is NC(=O)n1c(=S)[nH]c2cc(S(=O)(=O)O)ccc21. The third-order valence-corrected chi connectivity index (χ3v) is 3.31. The first-order valence-corrected chi connectivity index (χ1v) is 6.17. The van der Waals surface area contributed by atoms with Gasteiger partial charge in [-0.3, -0.25) is 4.55 Å². The van der Waals surface area contributed by atoms with Crippen molar-refractivity contribution in [2.24, 2.45) is 5.73 Å². The zero-order valence-corrected chi connectivity index (χ0v) is 9.88. The van der Waals surface area contributed by atoms with Gasteiger partial charge in [-0.25, -0.2) is 9.36 Å². The Morgan fingerprint density at radius 2 is 2.12 bits per heavy atom. The maximum Gasteiger partial charge on any atom is 0.325 e. The number of benzene rings is 1. The van der Waals surface area contributed by atoms with E-state index in [4.69, 9.17) is 22.5 Å². The summed E-state index contributed by atoms with van der Waals surface area (Å²) in [5, 5.41) is 0. The quantitative estimate of drug-likeness (QED) is 0.526. The summed E-state index contributed by atoms with van der Waals surface area (Å²) in [6.45, 7) is 0. The van der Waals surface area contributed by atoms with Crippen LogP contribution in [0.1, 0.15) is 0 Å². The summed E-state index contributed by atoms with van der Waals surface area (Å²) in [7, 11) is -4.30. The van der Waals surface area contributed by atoms with Gasteiger partial charge < -0.3 is 10.7 Å². The number of hydrogen-bond acceptors (Lipinski definition) is 4. The Bertz CT molecular complexity index is 772. The van der Waals surface area contributed by atoms with Crippen LogP contribution in [0.3, 0.4) is 0 Å². The highest BCUT2D eigenvalue weighted by Crippen LogP contribution is 2.18. The van der Waals surface area contributed by atoms with Crippen LogP contribution in [0.2, 0.25) is 0 Å². The van der Waals surface area contributed by atoms with E-state index in [0.717, 1.165) is 10.6 Å². The molecule has 1 aromatic heterocycles. The largest absolute Gasteiger partial charge is 0.351 e. The highest BCUT2D eigenvalue weighted by atomic mass is 32.2. The number of rotatable bonds is 1. The second-order valence-corrected chi connectivity index (χ2v) is 5.07. The molecule has 0 saturated carbocycles. The molecule has 0 aliphatic carbocycles. The average molecular weight is 273 g/mol. The summed E-state index contributed by atoms with van der Waals surface area (Å²) in [4.78, 5) is 13.4. The second-order valence-electron chi connectivity index (χ2n) is 3.26. The standard InChI is InChI=1S/C8H7N3O4S2/c9-7(12)11-6-2-1-4(17(13,14)15)3-5(6)10-8(11)16/h1-3H,(H2,9,12)(H,10,16)(H,13,14,15). The van der Waals surface area contributed by atoms with Crippen LogP contribution in [0.4, 0.5) is 4.79 Å². The summed E-state index contributed by atoms with van der Waals surface area (Å²) in [5.74, 6) is 0. The molecule has 0 unspecified atom stereocenters. The van der Waals surface area contributed by atoms with Crippen molar-refractivity contribution in [3.05, 3.63) is 23.0 Å². The summed E-state index contributed by atoms with van der Waals surface area (Å²) >= 11 is 4.86. The van der Waals surface area contributed by atoms with Gasteiger partial charge >= 0.3 is 6.03 Å². The van der Waals surface area contributed by atoms with Gasteiger partial charge in [-0.05, 0) is 30.4 Å². The van der Waals surface area contributed by atoms with E-state index in [1.165, 1.54) is 12.1 Å². The normalized spacial score (nSPS) is 11.8. The maximum atomic E-state index is 11.1. The minimum atomic E-state index is -4.30. The molecule has 7 nitrogen and oxygen atoms in total. The highest BCUT2D eigenvalue weighted by Gasteiger charge is 2.14. The number of aromatic amines is 1. The molecule has 0 atom stereocenters. The molecule has 0 saturated heterocycles. The molecule has 2 rings (SSSR count). The van der Waals surface area contributed by atoms with Crippen molar-refractivity contribution in [1.29, 1.82) is 0 Å². The second kappa shape index (κ2) is 3.65. The lowest BCUT2D eigenvalue weighted by molar-refractivity contribution is 0.251. The number of aromatic nitrogens is 2. The molecule has 2 aromatic rings. The van der Waals surface area contributed by atoms with E-state index < -0.39 is 16.1 Å². The monoisotopic (exact) mass is 273 g/mol. The van der Waals surface area contributed by atoms with Crippen molar-refractivity contribution in [1.82, 2.24) is 9.55 Å². The summed E-state index contributed by atoms with van der Waals surface area (Å²) in [5.41, 5.74) is 5.76. The Kier molecular flexibility index (Phi) is 2.53. The first kappa shape index (κ1) is 11.8. The van der Waals surface area contributed by atoms with Crippen LogP contribution < -0.4 is 5.73 Å². The number of carbonyl (C=O) groups excluding carboxylic acids is 1. The van der Waals surface area contributed by atoms with E-state index in [1.807, 2.05) is 0 Å². The summed E-state index contributed by atoms with van der Waals surface area (Å²) in [6.07, 6.45) is 0. The topological polar surface area (TPSA) is 118 Å². The van der Waals surface area contributed by atoms with E-state index >= 15 is 0 Å². The third kappa shape index (κ3) is 1.95. The summed E-state index contributed by atoms with van der Waals surface area (Å²) in [6, 6.07) is 2.87. The minimum absolute atomic E-state index is 0.0555. The van der Waals surface area contributed by atoms with Crippen LogP contribution >= 0.6 is 12.2 Å². The van der Waals surface area contributed by atoms with Gasteiger partial charge in [0.05, 0.1) is 15.9 Å².